The van der Waals surface area contributed by atoms with Gasteiger partial charge in [-0.1, -0.05) is 25.7 Å². The molecule has 1 fully saturated rings. The molecular formula is C15H28BrN5. The van der Waals surface area contributed by atoms with Crippen LogP contribution in [0.4, 0.5) is 0 Å². The third-order valence-corrected chi connectivity index (χ3v) is 5.58. The molecule has 0 bridgehead atoms. The van der Waals surface area contributed by atoms with Gasteiger partial charge >= 0.3 is 0 Å². The van der Waals surface area contributed by atoms with Crippen LogP contribution in [0.2, 0.25) is 0 Å². The fourth-order valence-corrected chi connectivity index (χ4v) is 4.26. The van der Waals surface area contributed by atoms with Crippen molar-refractivity contribution in [3.8, 4) is 0 Å². The Labute approximate surface area is 136 Å². The van der Waals surface area contributed by atoms with E-state index >= 15 is 0 Å². The molecule has 1 aliphatic rings. The lowest BCUT2D eigenvalue weighted by Gasteiger charge is -2.45. The molecule has 2 rings (SSSR count). The van der Waals surface area contributed by atoms with Crippen molar-refractivity contribution in [2.75, 3.05) is 14.1 Å². The van der Waals surface area contributed by atoms with Crippen LogP contribution >= 0.6 is 15.9 Å². The van der Waals surface area contributed by atoms with Crippen molar-refractivity contribution in [2.24, 2.45) is 5.84 Å². The second-order valence-corrected chi connectivity index (χ2v) is 7.06. The monoisotopic (exact) mass is 357 g/mol. The number of hydrogen-bond acceptors (Lipinski definition) is 4. The van der Waals surface area contributed by atoms with Gasteiger partial charge < -0.3 is 4.90 Å². The molecule has 1 unspecified atom stereocenters. The van der Waals surface area contributed by atoms with E-state index in [2.05, 4.69) is 52.4 Å². The van der Waals surface area contributed by atoms with Gasteiger partial charge in [0.1, 0.15) is 0 Å². The summed E-state index contributed by atoms with van der Waals surface area (Å²) in [7, 11) is 4.35. The lowest BCUT2D eigenvalue weighted by atomic mass is 9.80. The molecule has 1 aromatic rings. The lowest BCUT2D eigenvalue weighted by molar-refractivity contribution is 0.0758. The molecule has 5 nitrogen and oxygen atoms in total. The number of aromatic nitrogens is 2. The summed E-state index contributed by atoms with van der Waals surface area (Å²) in [5.74, 6) is 6.02. The largest absolute Gasteiger partial charge is 0.302 e. The van der Waals surface area contributed by atoms with Crippen LogP contribution in [0.5, 0.6) is 0 Å². The molecule has 3 N–H and O–H groups in total. The Morgan fingerprint density at radius 1 is 1.38 bits per heavy atom. The number of halogens is 1. The summed E-state index contributed by atoms with van der Waals surface area (Å²) < 4.78 is 3.09. The van der Waals surface area contributed by atoms with Crippen LogP contribution in [0, 0.1) is 0 Å². The molecule has 1 heterocycles. The third-order valence-electron chi connectivity index (χ3n) is 4.97. The fourth-order valence-electron chi connectivity index (χ4n) is 3.73. The first-order chi connectivity index (χ1) is 10.1. The Balaban J connectivity index is 2.46. The minimum absolute atomic E-state index is 0.0424. The van der Waals surface area contributed by atoms with Crippen molar-refractivity contribution in [1.82, 2.24) is 20.1 Å². The van der Waals surface area contributed by atoms with E-state index in [4.69, 9.17) is 5.84 Å². The molecule has 0 spiro atoms. The van der Waals surface area contributed by atoms with E-state index < -0.39 is 0 Å². The van der Waals surface area contributed by atoms with Crippen LogP contribution in [0.1, 0.15) is 57.2 Å². The molecule has 1 atom stereocenters. The lowest BCUT2D eigenvalue weighted by Crippen LogP contribution is -2.55. The molecule has 1 saturated carbocycles. The van der Waals surface area contributed by atoms with Crippen molar-refractivity contribution in [3.63, 3.8) is 0 Å². The Morgan fingerprint density at radius 3 is 2.48 bits per heavy atom. The van der Waals surface area contributed by atoms with E-state index in [0.717, 1.165) is 29.6 Å². The zero-order valence-electron chi connectivity index (χ0n) is 13.4. The smallest absolute Gasteiger partial charge is 0.0823 e. The number of aryl methyl sites for hydroxylation is 1. The standard InChI is InChI=1S/C15H28BrN5/c1-4-21-13(12(16)11-18-21)14(19-17)15(20(2)3)9-7-5-6-8-10-15/h11,14,19H,4-10,17H2,1-3H3. The van der Waals surface area contributed by atoms with E-state index in [1.165, 1.54) is 25.7 Å². The van der Waals surface area contributed by atoms with Crippen LogP contribution in [0.15, 0.2) is 10.7 Å². The van der Waals surface area contributed by atoms with Gasteiger partial charge in [-0.05, 0) is 49.8 Å². The summed E-state index contributed by atoms with van der Waals surface area (Å²) in [5.41, 5.74) is 4.31. The molecule has 1 aromatic heterocycles. The maximum absolute atomic E-state index is 6.02. The molecular weight excluding hydrogens is 330 g/mol. The van der Waals surface area contributed by atoms with Gasteiger partial charge in [-0.25, -0.2) is 5.43 Å². The molecule has 0 radical (unpaired) electrons. The van der Waals surface area contributed by atoms with Gasteiger partial charge in [0.2, 0.25) is 0 Å². The first-order valence-corrected chi connectivity index (χ1v) is 8.71. The average Bonchev–Trinajstić information content (AvgIpc) is 2.68. The van der Waals surface area contributed by atoms with Gasteiger partial charge in [0.25, 0.3) is 0 Å². The second kappa shape index (κ2) is 7.22. The van der Waals surface area contributed by atoms with Crippen LogP contribution < -0.4 is 11.3 Å². The van der Waals surface area contributed by atoms with E-state index in [-0.39, 0.29) is 11.6 Å². The first-order valence-electron chi connectivity index (χ1n) is 7.91. The van der Waals surface area contributed by atoms with Crippen LogP contribution in [0.25, 0.3) is 0 Å². The Morgan fingerprint density at radius 2 is 2.00 bits per heavy atom. The molecule has 0 saturated heterocycles. The van der Waals surface area contributed by atoms with Crippen molar-refractivity contribution < 1.29 is 0 Å². The number of likely N-dealkylation sites (N-methyl/N-ethyl adjacent to an activating group) is 1. The summed E-state index contributed by atoms with van der Waals surface area (Å²) in [6, 6.07) is 0.0717. The number of nitrogens with two attached hydrogens (primary N) is 1. The summed E-state index contributed by atoms with van der Waals surface area (Å²) >= 11 is 3.66. The quantitative estimate of drug-likeness (QED) is 0.483. The summed E-state index contributed by atoms with van der Waals surface area (Å²) in [5, 5.41) is 4.47. The number of hydrogen-bond donors (Lipinski definition) is 2. The average molecular weight is 358 g/mol. The number of nitrogens with zero attached hydrogens (tertiary/aromatic N) is 3. The van der Waals surface area contributed by atoms with Gasteiger partial charge in [0.15, 0.2) is 0 Å². The number of nitrogens with one attached hydrogen (secondary N) is 1. The highest BCUT2D eigenvalue weighted by atomic mass is 79.9. The minimum Gasteiger partial charge on any atom is -0.302 e. The molecule has 1 aliphatic carbocycles. The van der Waals surface area contributed by atoms with E-state index in [9.17, 15) is 0 Å². The predicted molar refractivity (Wildman–Crippen MR) is 89.8 cm³/mol. The van der Waals surface area contributed by atoms with Gasteiger partial charge in [-0.3, -0.25) is 10.5 Å². The molecule has 6 heteroatoms. The number of hydrazine groups is 1. The summed E-state index contributed by atoms with van der Waals surface area (Å²) in [4.78, 5) is 2.36. The topological polar surface area (TPSA) is 59.1 Å². The maximum Gasteiger partial charge on any atom is 0.0823 e. The molecule has 0 aliphatic heterocycles. The van der Waals surface area contributed by atoms with Crippen LogP contribution in [-0.4, -0.2) is 34.3 Å². The molecule has 0 aromatic carbocycles. The van der Waals surface area contributed by atoms with Gasteiger partial charge in [-0.2, -0.15) is 5.10 Å². The Bertz CT molecular complexity index is 449. The first kappa shape index (κ1) is 16.9. The van der Waals surface area contributed by atoms with E-state index in [0.29, 0.717) is 0 Å². The summed E-state index contributed by atoms with van der Waals surface area (Å²) in [6.07, 6.45) is 9.36. The van der Waals surface area contributed by atoms with Gasteiger partial charge in [0, 0.05) is 12.1 Å². The van der Waals surface area contributed by atoms with E-state index in [1.807, 2.05) is 10.9 Å². The zero-order chi connectivity index (χ0) is 15.5. The predicted octanol–water partition coefficient (Wildman–Crippen LogP) is 2.82. The fraction of sp³-hybridized carbons (Fsp3) is 0.800. The van der Waals surface area contributed by atoms with Crippen molar-refractivity contribution in [3.05, 3.63) is 16.4 Å². The molecule has 0 amide bonds. The Hall–Kier alpha value is -0.430. The van der Waals surface area contributed by atoms with Crippen molar-refractivity contribution >= 4 is 15.9 Å². The summed E-state index contributed by atoms with van der Waals surface area (Å²) in [6.45, 7) is 2.97. The number of rotatable bonds is 5. The second-order valence-electron chi connectivity index (χ2n) is 6.21. The highest BCUT2D eigenvalue weighted by Crippen LogP contribution is 2.42. The van der Waals surface area contributed by atoms with E-state index in [1.54, 1.807) is 0 Å². The normalized spacial score (nSPS) is 20.5. The highest BCUT2D eigenvalue weighted by molar-refractivity contribution is 9.10. The minimum atomic E-state index is 0.0424. The third kappa shape index (κ3) is 3.18. The zero-order valence-corrected chi connectivity index (χ0v) is 15.0. The van der Waals surface area contributed by atoms with Gasteiger partial charge in [-0.15, -0.1) is 0 Å². The maximum atomic E-state index is 6.02. The Kier molecular flexibility index (Phi) is 5.82. The van der Waals surface area contributed by atoms with Gasteiger partial charge in [0.05, 0.1) is 22.4 Å². The van der Waals surface area contributed by atoms with Crippen LogP contribution in [-0.2, 0) is 6.54 Å². The van der Waals surface area contributed by atoms with Crippen molar-refractivity contribution in [1.29, 1.82) is 0 Å². The van der Waals surface area contributed by atoms with Crippen molar-refractivity contribution in [2.45, 2.75) is 63.6 Å². The highest BCUT2D eigenvalue weighted by Gasteiger charge is 2.43. The SMILES string of the molecule is CCn1ncc(Br)c1C(NN)C1(N(C)C)CCCCCC1. The van der Waals surface area contributed by atoms with Crippen LogP contribution in [0.3, 0.4) is 0 Å². The molecule has 21 heavy (non-hydrogen) atoms. The molecule has 120 valence electrons.